The van der Waals surface area contributed by atoms with E-state index in [1.807, 2.05) is 6.92 Å². The fraction of sp³-hybridized carbons (Fsp3) is 0.562. The zero-order valence-electron chi connectivity index (χ0n) is 14.3. The number of hydrogen-bond donors (Lipinski definition) is 1. The Morgan fingerprint density at radius 3 is 2.58 bits per heavy atom. The Hall–Kier alpha value is -1.15. The first-order valence-corrected chi connectivity index (χ1v) is 9.28. The van der Waals surface area contributed by atoms with Gasteiger partial charge >= 0.3 is 0 Å². The molecule has 1 saturated heterocycles. The maximum atomic E-state index is 13.0. The van der Waals surface area contributed by atoms with Crippen molar-refractivity contribution in [1.29, 1.82) is 0 Å². The molecule has 1 amide bonds. The van der Waals surface area contributed by atoms with Crippen LogP contribution in [0.1, 0.15) is 36.5 Å². The lowest BCUT2D eigenvalue weighted by atomic mass is 10.00. The van der Waals surface area contributed by atoms with Gasteiger partial charge < -0.3 is 10.6 Å². The summed E-state index contributed by atoms with van der Waals surface area (Å²) in [6.07, 6.45) is 2.59. The van der Waals surface area contributed by atoms with Crippen LogP contribution in [0, 0.1) is 0 Å². The van der Waals surface area contributed by atoms with Crippen molar-refractivity contribution in [3.8, 4) is 0 Å². The fourth-order valence-corrected chi connectivity index (χ4v) is 4.76. The zero-order chi connectivity index (χ0) is 17.2. The zero-order valence-corrected chi connectivity index (χ0v) is 15.9. The van der Waals surface area contributed by atoms with E-state index < -0.39 is 10.0 Å². The van der Waals surface area contributed by atoms with Gasteiger partial charge in [0.2, 0.25) is 10.0 Å². The number of piperidine rings is 1. The molecule has 0 bridgehead atoms. The van der Waals surface area contributed by atoms with E-state index in [1.54, 1.807) is 26.2 Å². The smallest absolute Gasteiger partial charge is 0.253 e. The lowest BCUT2D eigenvalue weighted by Gasteiger charge is -2.36. The second-order valence-electron chi connectivity index (χ2n) is 6.27. The molecular formula is C16H26ClN3O3S. The third-order valence-electron chi connectivity index (χ3n) is 4.20. The summed E-state index contributed by atoms with van der Waals surface area (Å²) in [4.78, 5) is 13.6. The van der Waals surface area contributed by atoms with Crippen LogP contribution in [0.25, 0.3) is 0 Å². The molecule has 1 aromatic carbocycles. The molecule has 24 heavy (non-hydrogen) atoms. The summed E-state index contributed by atoms with van der Waals surface area (Å²) in [7, 11) is -0.377. The number of carbonyl (C=O) groups is 1. The molecule has 1 aliphatic rings. The summed E-state index contributed by atoms with van der Waals surface area (Å²) in [5, 5.41) is 0. The molecule has 6 nitrogen and oxygen atoms in total. The average Bonchev–Trinajstić information content (AvgIpc) is 2.54. The third kappa shape index (κ3) is 4.27. The Morgan fingerprint density at radius 2 is 2.00 bits per heavy atom. The highest BCUT2D eigenvalue weighted by Gasteiger charge is 2.35. The van der Waals surface area contributed by atoms with Gasteiger partial charge in [0, 0.05) is 38.3 Å². The van der Waals surface area contributed by atoms with Crippen LogP contribution in [0.4, 0.5) is 0 Å². The van der Waals surface area contributed by atoms with Crippen LogP contribution >= 0.6 is 12.4 Å². The summed E-state index contributed by atoms with van der Waals surface area (Å²) >= 11 is 0. The molecule has 1 fully saturated rings. The summed E-state index contributed by atoms with van der Waals surface area (Å²) in [6, 6.07) is 5.80. The van der Waals surface area contributed by atoms with Crippen molar-refractivity contribution in [2.24, 2.45) is 5.73 Å². The molecule has 2 rings (SSSR count). The van der Waals surface area contributed by atoms with E-state index in [4.69, 9.17) is 5.73 Å². The molecule has 8 heteroatoms. The number of carbonyl (C=O) groups excluding carboxylic acids is 1. The number of nitrogens with two attached hydrogens (primary N) is 1. The molecule has 1 heterocycles. The number of amides is 1. The Bertz CT molecular complexity index is 677. The normalized spacial score (nSPS) is 20.1. The number of hydrogen-bond acceptors (Lipinski definition) is 4. The van der Waals surface area contributed by atoms with Crippen molar-refractivity contribution in [2.75, 3.05) is 20.6 Å². The van der Waals surface area contributed by atoms with Crippen molar-refractivity contribution >= 4 is 28.3 Å². The highest BCUT2D eigenvalue weighted by molar-refractivity contribution is 7.89. The Morgan fingerprint density at radius 1 is 1.33 bits per heavy atom. The number of rotatable bonds is 4. The fourth-order valence-electron chi connectivity index (χ4n) is 2.94. The van der Waals surface area contributed by atoms with Gasteiger partial charge in [-0.1, -0.05) is 12.5 Å². The van der Waals surface area contributed by atoms with E-state index >= 15 is 0 Å². The van der Waals surface area contributed by atoms with E-state index in [0.717, 1.165) is 19.3 Å². The predicted molar refractivity (Wildman–Crippen MR) is 96.9 cm³/mol. The van der Waals surface area contributed by atoms with Crippen LogP contribution in [0.2, 0.25) is 0 Å². The van der Waals surface area contributed by atoms with E-state index in [-0.39, 0.29) is 35.3 Å². The molecule has 1 aliphatic heterocycles. The molecule has 2 atom stereocenters. The monoisotopic (exact) mass is 375 g/mol. The SMILES string of the molecule is CC(N)C1CCCCN1S(=O)(=O)c1cccc(C(=O)N(C)C)c1.Cl. The highest BCUT2D eigenvalue weighted by atomic mass is 35.5. The summed E-state index contributed by atoms with van der Waals surface area (Å²) in [6.45, 7) is 2.31. The first-order chi connectivity index (χ1) is 10.7. The van der Waals surface area contributed by atoms with Gasteiger partial charge in [0.25, 0.3) is 5.91 Å². The van der Waals surface area contributed by atoms with Crippen LogP contribution in [0.3, 0.4) is 0 Å². The van der Waals surface area contributed by atoms with Gasteiger partial charge in [-0.25, -0.2) is 8.42 Å². The van der Waals surface area contributed by atoms with Crippen molar-refractivity contribution in [1.82, 2.24) is 9.21 Å². The van der Waals surface area contributed by atoms with E-state index in [9.17, 15) is 13.2 Å². The Labute approximate surface area is 150 Å². The van der Waals surface area contributed by atoms with Crippen LogP contribution in [0.15, 0.2) is 29.2 Å². The summed E-state index contributed by atoms with van der Waals surface area (Å²) in [5.41, 5.74) is 6.35. The van der Waals surface area contributed by atoms with Crippen molar-refractivity contribution in [3.63, 3.8) is 0 Å². The van der Waals surface area contributed by atoms with E-state index in [0.29, 0.717) is 12.1 Å². The van der Waals surface area contributed by atoms with Crippen molar-refractivity contribution < 1.29 is 13.2 Å². The maximum Gasteiger partial charge on any atom is 0.253 e. The predicted octanol–water partition coefficient (Wildman–Crippen LogP) is 1.70. The van der Waals surface area contributed by atoms with Gasteiger partial charge in [-0.15, -0.1) is 12.4 Å². The van der Waals surface area contributed by atoms with Gasteiger partial charge in [-0.05, 0) is 38.0 Å². The molecule has 0 aromatic heterocycles. The Balaban J connectivity index is 0.00000288. The molecule has 0 aliphatic carbocycles. The first kappa shape index (κ1) is 20.9. The molecule has 0 radical (unpaired) electrons. The highest BCUT2D eigenvalue weighted by Crippen LogP contribution is 2.27. The van der Waals surface area contributed by atoms with Gasteiger partial charge in [0.1, 0.15) is 0 Å². The second-order valence-corrected chi connectivity index (χ2v) is 8.16. The maximum absolute atomic E-state index is 13.0. The second kappa shape index (κ2) is 8.29. The molecule has 2 N–H and O–H groups in total. The number of halogens is 1. The Kier molecular flexibility index (Phi) is 7.22. The minimum absolute atomic E-state index is 0. The molecular weight excluding hydrogens is 350 g/mol. The minimum Gasteiger partial charge on any atom is -0.345 e. The summed E-state index contributed by atoms with van der Waals surface area (Å²) in [5.74, 6) is -0.218. The van der Waals surface area contributed by atoms with Gasteiger partial charge in [0.15, 0.2) is 0 Å². The topological polar surface area (TPSA) is 83.7 Å². The van der Waals surface area contributed by atoms with Crippen molar-refractivity contribution in [2.45, 2.75) is 43.2 Å². The standard InChI is InChI=1S/C16H25N3O3S.ClH/c1-12(17)15-9-4-5-10-19(15)23(21,22)14-8-6-7-13(11-14)16(20)18(2)3;/h6-8,11-12,15H,4-5,9-10,17H2,1-3H3;1H. The largest absolute Gasteiger partial charge is 0.345 e. The number of benzene rings is 1. The van der Waals surface area contributed by atoms with E-state index in [2.05, 4.69) is 0 Å². The van der Waals surface area contributed by atoms with Gasteiger partial charge in [0.05, 0.1) is 4.90 Å². The van der Waals surface area contributed by atoms with Gasteiger partial charge in [-0.2, -0.15) is 4.31 Å². The van der Waals surface area contributed by atoms with Gasteiger partial charge in [-0.3, -0.25) is 4.79 Å². The van der Waals surface area contributed by atoms with Crippen LogP contribution in [0.5, 0.6) is 0 Å². The molecule has 0 saturated carbocycles. The third-order valence-corrected chi connectivity index (χ3v) is 6.12. The van der Waals surface area contributed by atoms with Crippen LogP contribution in [-0.4, -0.2) is 56.3 Å². The van der Waals surface area contributed by atoms with Crippen LogP contribution < -0.4 is 5.73 Å². The van der Waals surface area contributed by atoms with Crippen LogP contribution in [-0.2, 0) is 10.0 Å². The number of nitrogens with zero attached hydrogens (tertiary/aromatic N) is 2. The lowest BCUT2D eigenvalue weighted by Crippen LogP contribution is -2.51. The quantitative estimate of drug-likeness (QED) is 0.868. The molecule has 136 valence electrons. The van der Waals surface area contributed by atoms with Crippen molar-refractivity contribution in [3.05, 3.63) is 29.8 Å². The lowest BCUT2D eigenvalue weighted by molar-refractivity contribution is 0.0827. The first-order valence-electron chi connectivity index (χ1n) is 7.84. The minimum atomic E-state index is -3.66. The molecule has 0 spiro atoms. The molecule has 1 aromatic rings. The summed E-state index contributed by atoms with van der Waals surface area (Å²) < 4.78 is 27.5. The average molecular weight is 376 g/mol. The number of sulfonamides is 1. The molecule has 2 unspecified atom stereocenters. The van der Waals surface area contributed by atoms with E-state index in [1.165, 1.54) is 21.3 Å².